The maximum absolute atomic E-state index is 5.86. The van der Waals surface area contributed by atoms with Crippen LogP contribution in [-0.2, 0) is 0 Å². The number of nitrogens with zero attached hydrogens (tertiary/aromatic N) is 4. The first-order valence-electron chi connectivity index (χ1n) is 5.81. The molecule has 0 amide bonds. The normalized spacial score (nSPS) is 11.2. The Labute approximate surface area is 109 Å². The Hall–Kier alpha value is -2.82. The Balaban J connectivity index is 1.98. The van der Waals surface area contributed by atoms with Gasteiger partial charge in [-0.25, -0.2) is 0 Å². The van der Waals surface area contributed by atoms with Crippen LogP contribution in [0.5, 0.6) is 0 Å². The van der Waals surface area contributed by atoms with Crippen molar-refractivity contribution in [2.24, 2.45) is 10.2 Å². The van der Waals surface area contributed by atoms with Crippen LogP contribution in [0.15, 0.2) is 65.0 Å². The van der Waals surface area contributed by atoms with Crippen molar-refractivity contribution in [3.8, 4) is 0 Å². The fraction of sp³-hybridized carbons (Fsp3) is 0. The van der Waals surface area contributed by atoms with Crippen LogP contribution < -0.4 is 5.73 Å². The molecule has 0 aliphatic rings. The Bertz CT molecular complexity index is 737. The lowest BCUT2D eigenvalue weighted by Gasteiger charge is -2.00. The zero-order valence-electron chi connectivity index (χ0n) is 10.1. The van der Waals surface area contributed by atoms with Gasteiger partial charge in [-0.3, -0.25) is 0 Å². The summed E-state index contributed by atoms with van der Waals surface area (Å²) in [5, 5.41) is 17.0. The summed E-state index contributed by atoms with van der Waals surface area (Å²) in [4.78, 5) is 0. The maximum Gasteiger partial charge on any atom is 0.0951 e. The van der Waals surface area contributed by atoms with Crippen LogP contribution in [-0.4, -0.2) is 10.2 Å². The van der Waals surface area contributed by atoms with E-state index in [0.717, 1.165) is 22.3 Å². The van der Waals surface area contributed by atoms with Crippen molar-refractivity contribution >= 4 is 28.0 Å². The molecule has 0 unspecified atom stereocenters. The first-order valence-corrected chi connectivity index (χ1v) is 5.81. The van der Waals surface area contributed by atoms with Gasteiger partial charge in [0.2, 0.25) is 0 Å². The van der Waals surface area contributed by atoms with E-state index in [1.54, 1.807) is 0 Å². The summed E-state index contributed by atoms with van der Waals surface area (Å²) < 4.78 is 0. The molecule has 0 bridgehead atoms. The maximum atomic E-state index is 5.86. The van der Waals surface area contributed by atoms with E-state index < -0.39 is 0 Å². The molecule has 0 radical (unpaired) electrons. The third-order valence-corrected chi connectivity index (χ3v) is 2.69. The fourth-order valence-corrected chi connectivity index (χ4v) is 1.74. The summed E-state index contributed by atoms with van der Waals surface area (Å²) in [6.45, 7) is 0. The molecule has 3 aromatic rings. The smallest absolute Gasteiger partial charge is 0.0951 e. The van der Waals surface area contributed by atoms with Gasteiger partial charge in [-0.05, 0) is 30.3 Å². The van der Waals surface area contributed by atoms with Crippen LogP contribution in [0.25, 0.3) is 10.9 Å². The molecule has 0 aliphatic carbocycles. The van der Waals surface area contributed by atoms with Crippen LogP contribution in [0.2, 0.25) is 0 Å². The number of anilines is 1. The van der Waals surface area contributed by atoms with Crippen molar-refractivity contribution in [1.29, 1.82) is 0 Å². The van der Waals surface area contributed by atoms with Crippen LogP contribution in [0.1, 0.15) is 0 Å². The Morgan fingerprint density at radius 3 is 2.53 bits per heavy atom. The lowest BCUT2D eigenvalue weighted by molar-refractivity contribution is 1.08. The van der Waals surface area contributed by atoms with Gasteiger partial charge in [0.05, 0.1) is 28.8 Å². The summed E-state index contributed by atoms with van der Waals surface area (Å²) in [7, 11) is 0. The molecule has 92 valence electrons. The van der Waals surface area contributed by atoms with Crippen LogP contribution in [0.3, 0.4) is 0 Å². The molecule has 5 nitrogen and oxygen atoms in total. The number of nitrogens with two attached hydrogens (primary N) is 1. The standard InChI is InChI=1S/C14H11N5/c15-13-9-16-19-14-7-6-11(8-12(13)14)18-17-10-4-2-1-3-5-10/h1-9H,(H2,15,19). The van der Waals surface area contributed by atoms with Gasteiger partial charge in [-0.1, -0.05) is 18.2 Å². The zero-order chi connectivity index (χ0) is 13.1. The van der Waals surface area contributed by atoms with Crippen LogP contribution in [0, 0.1) is 0 Å². The van der Waals surface area contributed by atoms with Crippen LogP contribution >= 0.6 is 0 Å². The molecular weight excluding hydrogens is 238 g/mol. The number of hydrogen-bond donors (Lipinski definition) is 1. The van der Waals surface area contributed by atoms with E-state index in [4.69, 9.17) is 5.73 Å². The molecule has 5 heteroatoms. The molecule has 19 heavy (non-hydrogen) atoms. The topological polar surface area (TPSA) is 76.5 Å². The molecule has 3 rings (SSSR count). The third kappa shape index (κ3) is 2.40. The van der Waals surface area contributed by atoms with Gasteiger partial charge in [0.15, 0.2) is 0 Å². The second kappa shape index (κ2) is 4.81. The number of azo groups is 1. The molecular formula is C14H11N5. The molecule has 0 aliphatic heterocycles. The van der Waals surface area contributed by atoms with Crippen molar-refractivity contribution < 1.29 is 0 Å². The van der Waals surface area contributed by atoms with Gasteiger partial charge in [0.25, 0.3) is 0 Å². The van der Waals surface area contributed by atoms with Gasteiger partial charge in [-0.2, -0.15) is 20.4 Å². The SMILES string of the molecule is Nc1cnnc2ccc(N=Nc3ccccc3)cc12. The quantitative estimate of drug-likeness (QED) is 0.704. The summed E-state index contributed by atoms with van der Waals surface area (Å²) in [5.74, 6) is 0. The first-order chi connectivity index (χ1) is 9.33. The second-order valence-corrected chi connectivity index (χ2v) is 4.04. The number of hydrogen-bond acceptors (Lipinski definition) is 5. The first kappa shape index (κ1) is 11.3. The largest absolute Gasteiger partial charge is 0.397 e. The molecule has 2 aromatic carbocycles. The molecule has 2 N–H and O–H groups in total. The number of aromatic nitrogens is 2. The van der Waals surface area contributed by atoms with E-state index in [-0.39, 0.29) is 0 Å². The van der Waals surface area contributed by atoms with Gasteiger partial charge in [0, 0.05) is 5.39 Å². The minimum absolute atomic E-state index is 0.585. The van der Waals surface area contributed by atoms with E-state index in [1.165, 1.54) is 6.20 Å². The molecule has 0 atom stereocenters. The van der Waals surface area contributed by atoms with Crippen molar-refractivity contribution in [2.75, 3.05) is 5.73 Å². The Morgan fingerprint density at radius 1 is 0.895 bits per heavy atom. The fourth-order valence-electron chi connectivity index (χ4n) is 1.74. The lowest BCUT2D eigenvalue weighted by atomic mass is 10.2. The van der Waals surface area contributed by atoms with Crippen LogP contribution in [0.4, 0.5) is 17.1 Å². The van der Waals surface area contributed by atoms with Gasteiger partial charge < -0.3 is 5.73 Å². The van der Waals surface area contributed by atoms with Crippen molar-refractivity contribution in [2.45, 2.75) is 0 Å². The van der Waals surface area contributed by atoms with Gasteiger partial charge >= 0.3 is 0 Å². The number of benzene rings is 2. The van der Waals surface area contributed by atoms with Crippen molar-refractivity contribution in [3.05, 3.63) is 54.7 Å². The summed E-state index contributed by atoms with van der Waals surface area (Å²) in [6, 6.07) is 15.1. The molecule has 0 fully saturated rings. The van der Waals surface area contributed by atoms with Gasteiger partial charge in [-0.15, -0.1) is 0 Å². The highest BCUT2D eigenvalue weighted by atomic mass is 15.1. The van der Waals surface area contributed by atoms with Crippen molar-refractivity contribution in [1.82, 2.24) is 10.2 Å². The summed E-state index contributed by atoms with van der Waals surface area (Å²) in [5.41, 5.74) is 8.73. The monoisotopic (exact) mass is 249 g/mol. The highest BCUT2D eigenvalue weighted by molar-refractivity contribution is 5.91. The summed E-state index contributed by atoms with van der Waals surface area (Å²) in [6.07, 6.45) is 1.53. The Morgan fingerprint density at radius 2 is 1.68 bits per heavy atom. The van der Waals surface area contributed by atoms with Gasteiger partial charge in [0.1, 0.15) is 0 Å². The highest BCUT2D eigenvalue weighted by Gasteiger charge is 2.01. The minimum Gasteiger partial charge on any atom is -0.397 e. The molecule has 0 saturated heterocycles. The summed E-state index contributed by atoms with van der Waals surface area (Å²) >= 11 is 0. The van der Waals surface area contributed by atoms with Crippen molar-refractivity contribution in [3.63, 3.8) is 0 Å². The zero-order valence-corrected chi connectivity index (χ0v) is 10.1. The number of nitrogen functional groups attached to an aromatic ring is 1. The predicted molar refractivity (Wildman–Crippen MR) is 74.6 cm³/mol. The molecule has 0 spiro atoms. The average molecular weight is 249 g/mol. The van der Waals surface area contributed by atoms with E-state index in [1.807, 2.05) is 48.5 Å². The molecule has 0 saturated carbocycles. The van der Waals surface area contributed by atoms with E-state index in [0.29, 0.717) is 5.69 Å². The molecule has 1 aromatic heterocycles. The van der Waals surface area contributed by atoms with E-state index in [9.17, 15) is 0 Å². The third-order valence-electron chi connectivity index (χ3n) is 2.69. The van der Waals surface area contributed by atoms with E-state index in [2.05, 4.69) is 20.4 Å². The average Bonchev–Trinajstić information content (AvgIpc) is 2.47. The minimum atomic E-state index is 0.585. The lowest BCUT2D eigenvalue weighted by Crippen LogP contribution is -1.91. The number of rotatable bonds is 2. The van der Waals surface area contributed by atoms with E-state index >= 15 is 0 Å². The number of fused-ring (bicyclic) bond motifs is 1. The molecule has 1 heterocycles. The Kier molecular flexibility index (Phi) is 2.86. The highest BCUT2D eigenvalue weighted by Crippen LogP contribution is 2.25. The second-order valence-electron chi connectivity index (χ2n) is 4.04. The predicted octanol–water partition coefficient (Wildman–Crippen LogP) is 3.63.